The quantitative estimate of drug-likeness (QED) is 0.408. The summed E-state index contributed by atoms with van der Waals surface area (Å²) in [6.45, 7) is 0. The summed E-state index contributed by atoms with van der Waals surface area (Å²) < 4.78 is 0. The summed E-state index contributed by atoms with van der Waals surface area (Å²) in [5.41, 5.74) is 7.81. The monoisotopic (exact) mass is 333 g/mol. The molecule has 0 aromatic heterocycles. The highest BCUT2D eigenvalue weighted by Gasteiger charge is 2.33. The van der Waals surface area contributed by atoms with Gasteiger partial charge in [0.1, 0.15) is 0 Å². The number of benzene rings is 4. The van der Waals surface area contributed by atoms with Gasteiger partial charge in [0.25, 0.3) is 0 Å². The zero-order valence-electron chi connectivity index (χ0n) is 14.4. The number of hydrogen-bond acceptors (Lipinski definition) is 1. The van der Waals surface area contributed by atoms with E-state index in [1.54, 1.807) is 0 Å². The van der Waals surface area contributed by atoms with E-state index in [1.807, 2.05) is 0 Å². The minimum Gasteiger partial charge on any atom is -0.330 e. The Kier molecular flexibility index (Phi) is 3.57. The van der Waals surface area contributed by atoms with E-state index >= 15 is 0 Å². The first-order chi connectivity index (χ1) is 12.9. The fourth-order valence-corrected chi connectivity index (χ4v) is 4.03. The van der Waals surface area contributed by atoms with Crippen LogP contribution in [0.1, 0.15) is 17.2 Å². The molecule has 0 saturated carbocycles. The van der Waals surface area contributed by atoms with Gasteiger partial charge in [0.05, 0.1) is 6.04 Å². The summed E-state index contributed by atoms with van der Waals surface area (Å²) in [6, 6.07) is 39.1. The minimum atomic E-state index is 0.173. The van der Waals surface area contributed by atoms with Crippen LogP contribution in [0.4, 0.5) is 11.4 Å². The molecule has 4 aromatic rings. The summed E-state index contributed by atoms with van der Waals surface area (Å²) in [4.78, 5) is 2.45. The molecule has 4 aromatic carbocycles. The van der Waals surface area contributed by atoms with Crippen LogP contribution >= 0.6 is 0 Å². The maximum Gasteiger partial charge on any atom is 0.0856 e. The first kappa shape index (κ1) is 15.0. The predicted molar refractivity (Wildman–Crippen MR) is 109 cm³/mol. The van der Waals surface area contributed by atoms with Crippen molar-refractivity contribution in [2.75, 3.05) is 4.90 Å². The van der Waals surface area contributed by atoms with Gasteiger partial charge in [-0.3, -0.25) is 0 Å². The molecule has 0 N–H and O–H groups in total. The van der Waals surface area contributed by atoms with Gasteiger partial charge in [0, 0.05) is 11.4 Å². The summed E-state index contributed by atoms with van der Waals surface area (Å²) in [5.74, 6) is 0. The number of para-hydroxylation sites is 2. The van der Waals surface area contributed by atoms with Gasteiger partial charge in [-0.15, -0.1) is 0 Å². The number of nitrogens with zero attached hydrogens (tertiary/aromatic N) is 1. The van der Waals surface area contributed by atoms with E-state index in [0.717, 1.165) is 0 Å². The topological polar surface area (TPSA) is 3.24 Å². The van der Waals surface area contributed by atoms with Crippen LogP contribution in [0.2, 0.25) is 0 Å². The zero-order chi connectivity index (χ0) is 17.3. The molecule has 1 nitrogen and oxygen atoms in total. The first-order valence-corrected chi connectivity index (χ1v) is 9.01. The predicted octanol–water partition coefficient (Wildman–Crippen LogP) is 6.59. The van der Waals surface area contributed by atoms with Gasteiger partial charge in [-0.1, -0.05) is 84.9 Å². The Morgan fingerprint density at radius 2 is 0.808 bits per heavy atom. The van der Waals surface area contributed by atoms with Gasteiger partial charge in [-0.25, -0.2) is 0 Å². The largest absolute Gasteiger partial charge is 0.330 e. The van der Waals surface area contributed by atoms with Gasteiger partial charge in [-0.05, 0) is 46.5 Å². The standard InChI is InChI=1S/C25H19N/c1-3-11-19(12-4-1)26(20-13-5-2-6-14-20)25-23-17-9-7-15-21(23)22-16-8-10-18-24(22)25/h1-18,25H. The van der Waals surface area contributed by atoms with Crippen LogP contribution in [0, 0.1) is 0 Å². The molecule has 0 unspecified atom stereocenters. The van der Waals surface area contributed by atoms with E-state index in [2.05, 4.69) is 114 Å². The third-order valence-electron chi connectivity index (χ3n) is 5.13. The maximum atomic E-state index is 2.45. The second-order valence-electron chi connectivity index (χ2n) is 6.62. The highest BCUT2D eigenvalue weighted by Crippen LogP contribution is 2.49. The van der Waals surface area contributed by atoms with Crippen LogP contribution in [-0.2, 0) is 0 Å². The Morgan fingerprint density at radius 3 is 1.27 bits per heavy atom. The highest BCUT2D eigenvalue weighted by molar-refractivity contribution is 5.82. The van der Waals surface area contributed by atoms with E-state index in [0.29, 0.717) is 0 Å². The van der Waals surface area contributed by atoms with Crippen molar-refractivity contribution in [2.24, 2.45) is 0 Å². The molecule has 0 amide bonds. The smallest absolute Gasteiger partial charge is 0.0856 e. The van der Waals surface area contributed by atoms with Crippen LogP contribution < -0.4 is 4.90 Å². The summed E-state index contributed by atoms with van der Waals surface area (Å²) in [6.07, 6.45) is 0. The fourth-order valence-electron chi connectivity index (χ4n) is 4.03. The molecule has 0 spiro atoms. The minimum absolute atomic E-state index is 0.173. The molecule has 1 aliphatic carbocycles. The van der Waals surface area contributed by atoms with Crippen LogP contribution in [0.3, 0.4) is 0 Å². The molecule has 0 aliphatic heterocycles. The number of hydrogen-bond donors (Lipinski definition) is 0. The van der Waals surface area contributed by atoms with Gasteiger partial charge in [0.2, 0.25) is 0 Å². The van der Waals surface area contributed by atoms with Gasteiger partial charge >= 0.3 is 0 Å². The molecule has 5 rings (SSSR count). The van der Waals surface area contributed by atoms with Crippen molar-refractivity contribution in [3.63, 3.8) is 0 Å². The van der Waals surface area contributed by atoms with Crippen molar-refractivity contribution in [1.82, 2.24) is 0 Å². The summed E-state index contributed by atoms with van der Waals surface area (Å²) in [5, 5.41) is 0. The van der Waals surface area contributed by atoms with E-state index in [1.165, 1.54) is 33.6 Å². The highest BCUT2D eigenvalue weighted by atomic mass is 15.2. The second-order valence-corrected chi connectivity index (χ2v) is 6.62. The van der Waals surface area contributed by atoms with Gasteiger partial charge in [0.15, 0.2) is 0 Å². The van der Waals surface area contributed by atoms with Crippen molar-refractivity contribution < 1.29 is 0 Å². The lowest BCUT2D eigenvalue weighted by Gasteiger charge is -2.33. The van der Waals surface area contributed by atoms with E-state index in [-0.39, 0.29) is 6.04 Å². The zero-order valence-corrected chi connectivity index (χ0v) is 14.4. The molecule has 0 fully saturated rings. The molecule has 26 heavy (non-hydrogen) atoms. The van der Waals surface area contributed by atoms with Crippen LogP contribution in [0.15, 0.2) is 109 Å². The Balaban J connectivity index is 1.77. The molecule has 0 radical (unpaired) electrons. The molecule has 0 bridgehead atoms. The normalized spacial score (nSPS) is 12.5. The average Bonchev–Trinajstić information content (AvgIpc) is 3.05. The van der Waals surface area contributed by atoms with Crippen LogP contribution in [-0.4, -0.2) is 0 Å². The lowest BCUT2D eigenvalue weighted by Crippen LogP contribution is -2.23. The lowest BCUT2D eigenvalue weighted by atomic mass is 10.0. The lowest BCUT2D eigenvalue weighted by molar-refractivity contribution is 0.842. The molecule has 0 saturated heterocycles. The molecular weight excluding hydrogens is 314 g/mol. The molecule has 1 aliphatic rings. The molecule has 1 heteroatoms. The van der Waals surface area contributed by atoms with E-state index in [9.17, 15) is 0 Å². The SMILES string of the molecule is c1ccc(N(c2ccccc2)C2c3ccccc3-c3ccccc32)cc1. The third kappa shape index (κ3) is 2.33. The Bertz CT molecular complexity index is 953. The fraction of sp³-hybridized carbons (Fsp3) is 0.0400. The van der Waals surface area contributed by atoms with Gasteiger partial charge in [-0.2, -0.15) is 0 Å². The van der Waals surface area contributed by atoms with E-state index in [4.69, 9.17) is 0 Å². The van der Waals surface area contributed by atoms with Crippen LogP contribution in [0.5, 0.6) is 0 Å². The summed E-state index contributed by atoms with van der Waals surface area (Å²) >= 11 is 0. The van der Waals surface area contributed by atoms with E-state index < -0.39 is 0 Å². The molecule has 124 valence electrons. The maximum absolute atomic E-state index is 2.45. The number of fused-ring (bicyclic) bond motifs is 3. The van der Waals surface area contributed by atoms with Crippen molar-refractivity contribution in [1.29, 1.82) is 0 Å². The Hall–Kier alpha value is -3.32. The molecule has 0 atom stereocenters. The van der Waals surface area contributed by atoms with Crippen molar-refractivity contribution in [3.05, 3.63) is 120 Å². The average molecular weight is 333 g/mol. The third-order valence-corrected chi connectivity index (χ3v) is 5.13. The van der Waals surface area contributed by atoms with Crippen molar-refractivity contribution >= 4 is 11.4 Å². The molecular formula is C25H19N. The second kappa shape index (κ2) is 6.20. The first-order valence-electron chi connectivity index (χ1n) is 9.01. The summed E-state index contributed by atoms with van der Waals surface area (Å²) in [7, 11) is 0. The van der Waals surface area contributed by atoms with Gasteiger partial charge < -0.3 is 4.90 Å². The molecule has 0 heterocycles. The van der Waals surface area contributed by atoms with Crippen molar-refractivity contribution in [3.8, 4) is 11.1 Å². The van der Waals surface area contributed by atoms with Crippen LogP contribution in [0.25, 0.3) is 11.1 Å². The number of rotatable bonds is 3. The van der Waals surface area contributed by atoms with Crippen molar-refractivity contribution in [2.45, 2.75) is 6.04 Å². The Morgan fingerprint density at radius 1 is 0.423 bits per heavy atom. The Labute approximate surface area is 154 Å². The number of anilines is 2.